The van der Waals surface area contributed by atoms with E-state index in [2.05, 4.69) is 10.6 Å². The largest absolute Gasteiger partial charge is 0.458 e. The molecule has 1 saturated heterocycles. The maximum Gasteiger partial charge on any atom is 0.329 e. The molecule has 1 aliphatic heterocycles. The summed E-state index contributed by atoms with van der Waals surface area (Å²) in [6.07, 6.45) is 1.90. The first-order valence-electron chi connectivity index (χ1n) is 10.6. The second-order valence-electron chi connectivity index (χ2n) is 9.49. The number of esters is 1. The van der Waals surface area contributed by atoms with Crippen molar-refractivity contribution >= 4 is 11.9 Å². The molecule has 0 spiro atoms. The van der Waals surface area contributed by atoms with E-state index >= 15 is 0 Å². The van der Waals surface area contributed by atoms with Crippen LogP contribution in [0.4, 0.5) is 4.39 Å². The highest BCUT2D eigenvalue weighted by molar-refractivity contribution is 5.86. The SMILES string of the molecule is COC([C@@H]1C[C@@H]2CC2N1)[C@@H](C)C(=O)N[C@@H](Cc1ccccc1F)C(=O)OC(C)(C)C. The number of hydrogen-bond donors (Lipinski definition) is 2. The summed E-state index contributed by atoms with van der Waals surface area (Å²) in [6, 6.07) is 5.90. The van der Waals surface area contributed by atoms with E-state index in [0.29, 0.717) is 17.5 Å². The van der Waals surface area contributed by atoms with Crippen molar-refractivity contribution in [3.63, 3.8) is 0 Å². The minimum atomic E-state index is -0.987. The number of benzene rings is 1. The van der Waals surface area contributed by atoms with Gasteiger partial charge in [-0.2, -0.15) is 0 Å². The van der Waals surface area contributed by atoms with Gasteiger partial charge in [0.1, 0.15) is 17.5 Å². The number of nitrogens with one attached hydrogen (secondary N) is 2. The van der Waals surface area contributed by atoms with E-state index in [4.69, 9.17) is 9.47 Å². The lowest BCUT2D eigenvalue weighted by Crippen LogP contribution is -2.52. The monoisotopic (exact) mass is 420 g/mol. The molecule has 1 aliphatic carbocycles. The summed E-state index contributed by atoms with van der Waals surface area (Å²) in [5, 5.41) is 6.31. The van der Waals surface area contributed by atoms with Crippen LogP contribution in [0.1, 0.15) is 46.1 Å². The number of amides is 1. The molecular formula is C23H33FN2O4. The van der Waals surface area contributed by atoms with Crippen LogP contribution < -0.4 is 10.6 Å². The average Bonchev–Trinajstić information content (AvgIpc) is 3.27. The first kappa shape index (κ1) is 22.7. The number of carbonyl (C=O) groups is 2. The molecule has 0 radical (unpaired) electrons. The number of hydrogen-bond acceptors (Lipinski definition) is 5. The van der Waals surface area contributed by atoms with E-state index < -0.39 is 29.3 Å². The Morgan fingerprint density at radius 1 is 1.27 bits per heavy atom. The van der Waals surface area contributed by atoms with Gasteiger partial charge in [0.15, 0.2) is 0 Å². The fourth-order valence-corrected chi connectivity index (χ4v) is 4.23. The van der Waals surface area contributed by atoms with Gasteiger partial charge < -0.3 is 20.1 Å². The fraction of sp³-hybridized carbons (Fsp3) is 0.652. The number of rotatable bonds is 8. The van der Waals surface area contributed by atoms with E-state index in [1.54, 1.807) is 53.0 Å². The van der Waals surface area contributed by atoms with Crippen molar-refractivity contribution in [2.45, 2.75) is 76.8 Å². The molecule has 6 atom stereocenters. The summed E-state index contributed by atoms with van der Waals surface area (Å²) in [7, 11) is 1.60. The van der Waals surface area contributed by atoms with Gasteiger partial charge in [-0.25, -0.2) is 9.18 Å². The van der Waals surface area contributed by atoms with Gasteiger partial charge in [0, 0.05) is 25.6 Å². The van der Waals surface area contributed by atoms with Gasteiger partial charge in [-0.3, -0.25) is 4.79 Å². The van der Waals surface area contributed by atoms with Crippen LogP contribution in [0.2, 0.25) is 0 Å². The molecule has 0 aromatic heterocycles. The minimum Gasteiger partial charge on any atom is -0.458 e. The second kappa shape index (κ2) is 9.02. The molecule has 1 aromatic rings. The summed E-state index contributed by atoms with van der Waals surface area (Å²) < 4.78 is 25.3. The molecule has 2 N–H and O–H groups in total. The molecule has 0 bridgehead atoms. The Kier molecular flexibility index (Phi) is 6.82. The van der Waals surface area contributed by atoms with Crippen molar-refractivity contribution in [1.29, 1.82) is 0 Å². The summed E-state index contributed by atoms with van der Waals surface area (Å²) in [4.78, 5) is 25.8. The molecule has 3 rings (SSSR count). The van der Waals surface area contributed by atoms with Gasteiger partial charge in [0.05, 0.1) is 12.0 Å². The van der Waals surface area contributed by atoms with E-state index in [9.17, 15) is 14.0 Å². The summed E-state index contributed by atoms with van der Waals surface area (Å²) in [5.74, 6) is -1.11. The smallest absolute Gasteiger partial charge is 0.329 e. The molecular weight excluding hydrogens is 387 g/mol. The molecule has 1 heterocycles. The van der Waals surface area contributed by atoms with E-state index in [0.717, 1.165) is 6.42 Å². The Morgan fingerprint density at radius 2 is 1.97 bits per heavy atom. The lowest BCUT2D eigenvalue weighted by molar-refractivity contribution is -0.159. The van der Waals surface area contributed by atoms with Crippen molar-refractivity contribution in [3.05, 3.63) is 35.6 Å². The number of methoxy groups -OCH3 is 1. The zero-order valence-corrected chi connectivity index (χ0v) is 18.4. The number of fused-ring (bicyclic) bond motifs is 1. The van der Waals surface area contributed by atoms with Gasteiger partial charge >= 0.3 is 5.97 Å². The topological polar surface area (TPSA) is 76.7 Å². The molecule has 6 nitrogen and oxygen atoms in total. The highest BCUT2D eigenvalue weighted by atomic mass is 19.1. The Hall–Kier alpha value is -1.99. The fourth-order valence-electron chi connectivity index (χ4n) is 4.23. The summed E-state index contributed by atoms with van der Waals surface area (Å²) in [6.45, 7) is 7.07. The molecule has 1 aromatic carbocycles. The van der Waals surface area contributed by atoms with E-state index in [1.165, 1.54) is 12.5 Å². The Bertz CT molecular complexity index is 769. The van der Waals surface area contributed by atoms with Crippen LogP contribution in [-0.4, -0.2) is 48.8 Å². The van der Waals surface area contributed by atoms with Crippen LogP contribution in [0.25, 0.3) is 0 Å². The highest BCUT2D eigenvalue weighted by Crippen LogP contribution is 2.42. The zero-order chi connectivity index (χ0) is 22.1. The van der Waals surface area contributed by atoms with Crippen molar-refractivity contribution < 1.29 is 23.5 Å². The quantitative estimate of drug-likeness (QED) is 0.633. The Balaban J connectivity index is 1.70. The van der Waals surface area contributed by atoms with Crippen LogP contribution in [-0.2, 0) is 25.5 Å². The third-order valence-corrected chi connectivity index (χ3v) is 5.87. The van der Waals surface area contributed by atoms with Crippen molar-refractivity contribution in [2.75, 3.05) is 7.11 Å². The first-order chi connectivity index (χ1) is 14.1. The van der Waals surface area contributed by atoms with Crippen molar-refractivity contribution in [2.24, 2.45) is 11.8 Å². The third-order valence-electron chi connectivity index (χ3n) is 5.87. The molecule has 2 aliphatic rings. The molecule has 30 heavy (non-hydrogen) atoms. The van der Waals surface area contributed by atoms with Gasteiger partial charge in [-0.05, 0) is 51.2 Å². The van der Waals surface area contributed by atoms with Crippen LogP contribution >= 0.6 is 0 Å². The molecule has 1 saturated carbocycles. The van der Waals surface area contributed by atoms with Crippen LogP contribution in [0.5, 0.6) is 0 Å². The van der Waals surface area contributed by atoms with Gasteiger partial charge in [-0.1, -0.05) is 25.1 Å². The van der Waals surface area contributed by atoms with Crippen LogP contribution in [0.15, 0.2) is 24.3 Å². The first-order valence-corrected chi connectivity index (χ1v) is 10.6. The number of halogens is 1. The lowest BCUT2D eigenvalue weighted by atomic mass is 9.94. The molecule has 166 valence electrons. The zero-order valence-electron chi connectivity index (χ0n) is 18.4. The van der Waals surface area contributed by atoms with Crippen molar-refractivity contribution in [1.82, 2.24) is 10.6 Å². The second-order valence-corrected chi connectivity index (χ2v) is 9.49. The number of ether oxygens (including phenoxy) is 2. The van der Waals surface area contributed by atoms with Gasteiger partial charge in [-0.15, -0.1) is 0 Å². The Morgan fingerprint density at radius 3 is 2.53 bits per heavy atom. The Labute approximate surface area is 177 Å². The predicted molar refractivity (Wildman–Crippen MR) is 111 cm³/mol. The van der Waals surface area contributed by atoms with E-state index in [1.807, 2.05) is 0 Å². The van der Waals surface area contributed by atoms with Crippen molar-refractivity contribution in [3.8, 4) is 0 Å². The third kappa shape index (κ3) is 5.58. The minimum absolute atomic E-state index is 0.0174. The summed E-state index contributed by atoms with van der Waals surface area (Å²) >= 11 is 0. The van der Waals surface area contributed by atoms with Crippen LogP contribution in [0, 0.1) is 17.7 Å². The average molecular weight is 421 g/mol. The molecule has 7 heteroatoms. The van der Waals surface area contributed by atoms with Gasteiger partial charge in [0.2, 0.25) is 5.91 Å². The molecule has 2 unspecified atom stereocenters. The highest BCUT2D eigenvalue weighted by Gasteiger charge is 2.49. The summed E-state index contributed by atoms with van der Waals surface area (Å²) in [5.41, 5.74) is -0.368. The standard InChI is InChI=1S/C23H33FN2O4/c1-13(20(29-5)18-12-15-11-17(15)25-18)21(27)26-19(22(28)30-23(2,3)4)10-14-8-6-7-9-16(14)24/h6-9,13,15,17-20,25H,10-12H2,1-5H3,(H,26,27)/t13-,15+,17?,18+,19+,20?/m1/s1. The normalized spacial score (nSPS) is 25.7. The predicted octanol–water partition coefficient (Wildman–Crippen LogP) is 2.60. The maximum atomic E-state index is 14.2. The maximum absolute atomic E-state index is 14.2. The van der Waals surface area contributed by atoms with Crippen LogP contribution in [0.3, 0.4) is 0 Å². The number of carbonyl (C=O) groups excluding carboxylic acids is 2. The molecule has 2 fully saturated rings. The van der Waals surface area contributed by atoms with Gasteiger partial charge in [0.25, 0.3) is 0 Å². The molecule has 1 amide bonds. The van der Waals surface area contributed by atoms with E-state index in [-0.39, 0.29) is 24.5 Å². The lowest BCUT2D eigenvalue weighted by Gasteiger charge is -2.30. The number of piperidine rings is 1.